The fourth-order valence-corrected chi connectivity index (χ4v) is 13.0. The maximum absolute atomic E-state index is 5.56. The molecular weight excluding hydrogens is 1570 g/mol. The summed E-state index contributed by atoms with van der Waals surface area (Å²) in [6.45, 7) is 6.71. The van der Waals surface area contributed by atoms with Gasteiger partial charge in [-0.05, 0) is 91.7 Å². The van der Waals surface area contributed by atoms with Gasteiger partial charge in [-0.25, -0.2) is 48.6 Å². The fourth-order valence-electron chi connectivity index (χ4n) is 13.0. The van der Waals surface area contributed by atoms with Gasteiger partial charge in [-0.15, -0.1) is 30.6 Å². The summed E-state index contributed by atoms with van der Waals surface area (Å²) in [7, 11) is 0. The molecule has 0 aliphatic heterocycles. The summed E-state index contributed by atoms with van der Waals surface area (Å²) >= 11 is 0. The molecule has 12 heterocycles. The van der Waals surface area contributed by atoms with Crippen LogP contribution in [0.3, 0.4) is 0 Å². The van der Waals surface area contributed by atoms with E-state index in [1.807, 2.05) is 146 Å². The summed E-state index contributed by atoms with van der Waals surface area (Å²) in [6, 6.07) is 61.7. The van der Waals surface area contributed by atoms with E-state index in [9.17, 15) is 0 Å². The average Bonchev–Trinajstić information content (AvgIpc) is 1.77. The number of aryl methyl sites for hydroxylation is 8. The minimum absolute atomic E-state index is 0.420. The minimum Gasteiger partial charge on any atom is -0.369 e. The molecular formula is C89H102N36. The summed E-state index contributed by atoms with van der Waals surface area (Å²) < 4.78 is 11.1. The van der Waals surface area contributed by atoms with Crippen molar-refractivity contribution in [3.63, 3.8) is 0 Å². The van der Waals surface area contributed by atoms with Crippen molar-refractivity contribution in [2.45, 2.75) is 123 Å². The number of allylic oxidation sites excluding steroid dienone is 2. The van der Waals surface area contributed by atoms with Crippen LogP contribution in [0, 0.1) is 0 Å². The Morgan fingerprint density at radius 1 is 0.296 bits per heavy atom. The van der Waals surface area contributed by atoms with Crippen molar-refractivity contribution < 1.29 is 0 Å². The van der Waals surface area contributed by atoms with Gasteiger partial charge in [0.1, 0.15) is 0 Å². The van der Waals surface area contributed by atoms with E-state index >= 15 is 0 Å². The SMILES string of the molecule is C/C(=C\c1ccccc1)Cn1cc(Cc2cnc(N)[nH]2)nn1.Nc1ncc(CCc2cn(CCCc3ccccc3)nn2)[nH]1.Nc1ncc(CCc2cn(Cc3ccccc3)nn2)[nH]1.Nc1ncc(Cc2cn(C/C=C/c3ccccc3)nn2)[nH]1.Nc1ncc(Cc2cn(CCCc3ccccc3)nn2)[nH]1.Nc1ncc(Cc2cn(Cc3ccccc3)nn2)[nH]1. The maximum atomic E-state index is 5.56. The molecule has 36 heteroatoms. The molecule has 0 saturated carbocycles. The number of nitrogen functional groups attached to an aromatic ring is 6. The molecule has 18 aromatic rings. The molecule has 0 spiro atoms. The standard InChI is InChI=1S/C16H18N6.C16H20N6.C15H18N6.C15H16N6.C14H16N6.C13H14N6/c1-12(7-13-5-3-2-4-6-13)10-22-11-15(20-21-22)8-14-9-18-16(17)19-14;17-16-18-11-14(19-16)8-9-15-12-22(21-20-15)10-4-7-13-5-2-1-3-6-13;2*16-15-17-10-13(18-15)9-14-11-21(20-19-14)8-4-7-12-5-2-1-3-6-12;15-14-16-8-12(17-14)6-7-13-10-20(19-18-13)9-11-4-2-1-3-5-11;14-13-15-7-11(16-13)6-12-9-19(18-17-12)8-10-4-2-1-3-5-10/h2-7,9,11H,8,10H2,1H3,(H3,17,18,19);1-3,5-6,11-12H,4,7-10H2,(H3,17,18,19);1-3,5-6,10-11H,4,7-9H2,(H3,16,17,18);1-7,10-11H,8-9H2,(H3,16,17,18);1-5,8,10H,6-7,9H2,(H3,15,16,17);1-5,7,9H,6,8H2,(H3,14,15,16)/b12-7+;;;7-4+;;. The highest BCUT2D eigenvalue weighted by Gasteiger charge is 2.12. The Kier molecular flexibility index (Phi) is 31.7. The molecule has 0 saturated heterocycles. The minimum atomic E-state index is 0.420. The summed E-state index contributed by atoms with van der Waals surface area (Å²) in [5, 5.41) is 49.9. The Morgan fingerprint density at radius 3 is 0.960 bits per heavy atom. The number of nitrogens with two attached hydrogens (primary N) is 6. The van der Waals surface area contributed by atoms with Crippen molar-refractivity contribution in [1.82, 2.24) is 150 Å². The number of rotatable bonds is 32. The summed E-state index contributed by atoms with van der Waals surface area (Å²) in [5.41, 5.74) is 53.3. The first-order chi connectivity index (χ1) is 61.2. The van der Waals surface area contributed by atoms with Gasteiger partial charge >= 0.3 is 0 Å². The number of imidazole rings is 6. The predicted molar refractivity (Wildman–Crippen MR) is 480 cm³/mol. The molecule has 0 unspecified atom stereocenters. The van der Waals surface area contributed by atoms with Gasteiger partial charge < -0.3 is 64.3 Å². The van der Waals surface area contributed by atoms with Crippen molar-refractivity contribution >= 4 is 47.8 Å². The second kappa shape index (κ2) is 45.8. The number of H-pyrrole nitrogens is 6. The van der Waals surface area contributed by atoms with E-state index in [2.05, 4.69) is 244 Å². The first-order valence-electron chi connectivity index (χ1n) is 40.9. The number of nitrogens with zero attached hydrogens (tertiary/aromatic N) is 24. The molecule has 18 N–H and O–H groups in total. The van der Waals surface area contributed by atoms with Gasteiger partial charge in [0, 0.05) is 110 Å². The lowest BCUT2D eigenvalue weighted by Crippen LogP contribution is -2.00. The molecule has 0 aliphatic carbocycles. The molecule has 6 aromatic carbocycles. The largest absolute Gasteiger partial charge is 0.369 e. The zero-order chi connectivity index (χ0) is 86.4. The number of nitrogens with one attached hydrogen (secondary N) is 6. The summed E-state index contributed by atoms with van der Waals surface area (Å²) in [6.07, 6.45) is 38.6. The molecule has 36 nitrogen and oxygen atoms in total. The molecule has 638 valence electrons. The number of aromatic amines is 6. The average molecular weight is 1680 g/mol. The highest BCUT2D eigenvalue weighted by Crippen LogP contribution is 2.16. The van der Waals surface area contributed by atoms with Gasteiger partial charge in [0.05, 0.1) is 97.5 Å². The Balaban J connectivity index is 0.000000129. The van der Waals surface area contributed by atoms with Crippen LogP contribution in [0.1, 0.15) is 121 Å². The molecule has 0 fully saturated rings. The van der Waals surface area contributed by atoms with Crippen LogP contribution in [0.25, 0.3) is 12.2 Å². The van der Waals surface area contributed by atoms with Crippen molar-refractivity contribution in [3.8, 4) is 0 Å². The third-order valence-electron chi connectivity index (χ3n) is 19.0. The summed E-state index contributed by atoms with van der Waals surface area (Å²) in [4.78, 5) is 41.8. The van der Waals surface area contributed by atoms with Crippen LogP contribution in [0.15, 0.2) is 268 Å². The van der Waals surface area contributed by atoms with Gasteiger partial charge in [0.15, 0.2) is 35.7 Å². The van der Waals surface area contributed by atoms with Crippen LogP contribution in [-0.4, -0.2) is 150 Å². The molecule has 0 amide bonds. The monoisotopic (exact) mass is 1670 g/mol. The van der Waals surface area contributed by atoms with Crippen LogP contribution in [0.2, 0.25) is 0 Å². The second-order valence-electron chi connectivity index (χ2n) is 29.4. The zero-order valence-electron chi connectivity index (χ0n) is 69.4. The van der Waals surface area contributed by atoms with Crippen LogP contribution in [-0.2, 0) is 103 Å². The van der Waals surface area contributed by atoms with E-state index in [0.29, 0.717) is 74.5 Å². The smallest absolute Gasteiger partial charge is 0.197 e. The molecule has 125 heavy (non-hydrogen) atoms. The van der Waals surface area contributed by atoms with Gasteiger partial charge in [-0.3, -0.25) is 9.36 Å². The topological polar surface area (TPSA) is 512 Å². The van der Waals surface area contributed by atoms with Gasteiger partial charge in [-0.1, -0.05) is 237 Å². The number of anilines is 6. The normalized spacial score (nSPS) is 11.1. The molecule has 0 aliphatic rings. The van der Waals surface area contributed by atoms with Crippen LogP contribution in [0.4, 0.5) is 35.7 Å². The van der Waals surface area contributed by atoms with Crippen molar-refractivity contribution in [2.75, 3.05) is 34.4 Å². The van der Waals surface area contributed by atoms with E-state index in [1.54, 1.807) is 41.9 Å². The lowest BCUT2D eigenvalue weighted by Gasteiger charge is -2.01. The van der Waals surface area contributed by atoms with E-state index in [0.717, 1.165) is 146 Å². The maximum Gasteiger partial charge on any atom is 0.197 e. The highest BCUT2D eigenvalue weighted by molar-refractivity contribution is 5.52. The molecule has 0 atom stereocenters. The van der Waals surface area contributed by atoms with Crippen LogP contribution < -0.4 is 34.4 Å². The quantitative estimate of drug-likeness (QED) is 0.0186. The highest BCUT2D eigenvalue weighted by atomic mass is 15.4. The Labute approximate surface area is 721 Å². The van der Waals surface area contributed by atoms with Gasteiger partial charge in [0.25, 0.3) is 0 Å². The third kappa shape index (κ3) is 30.2. The Hall–Kier alpha value is -16.3. The van der Waals surface area contributed by atoms with Crippen molar-refractivity contribution in [1.29, 1.82) is 0 Å². The molecule has 0 bridgehead atoms. The molecule has 12 aromatic heterocycles. The second-order valence-corrected chi connectivity index (χ2v) is 29.4. The molecule has 18 rings (SSSR count). The zero-order valence-corrected chi connectivity index (χ0v) is 69.4. The number of aromatic nitrogens is 30. The van der Waals surface area contributed by atoms with E-state index in [4.69, 9.17) is 34.4 Å². The first-order valence-corrected chi connectivity index (χ1v) is 40.9. The van der Waals surface area contributed by atoms with E-state index < -0.39 is 0 Å². The first kappa shape index (κ1) is 86.5. The van der Waals surface area contributed by atoms with E-state index in [-0.39, 0.29) is 0 Å². The van der Waals surface area contributed by atoms with Crippen molar-refractivity contribution in [3.05, 3.63) is 370 Å². The third-order valence-corrected chi connectivity index (χ3v) is 19.0. The van der Waals surface area contributed by atoms with Gasteiger partial charge in [-0.2, -0.15) is 0 Å². The van der Waals surface area contributed by atoms with E-state index in [1.165, 1.54) is 39.0 Å². The van der Waals surface area contributed by atoms with Gasteiger partial charge in [0.2, 0.25) is 0 Å². The Bertz CT molecular complexity index is 6130. The van der Waals surface area contributed by atoms with Crippen LogP contribution in [0.5, 0.6) is 0 Å². The summed E-state index contributed by atoms with van der Waals surface area (Å²) in [5.74, 6) is 2.60. The number of hydrogen-bond donors (Lipinski definition) is 12. The molecule has 0 radical (unpaired) electrons. The number of hydrogen-bond acceptors (Lipinski definition) is 24. The van der Waals surface area contributed by atoms with Crippen molar-refractivity contribution in [2.24, 2.45) is 0 Å². The lowest BCUT2D eigenvalue weighted by molar-refractivity contribution is 0.558. The predicted octanol–water partition coefficient (Wildman–Crippen LogP) is 10.6. The Morgan fingerprint density at radius 2 is 0.584 bits per heavy atom. The fraction of sp³-hybridized carbons (Fsp3) is 0.213. The van der Waals surface area contributed by atoms with Crippen LogP contribution >= 0.6 is 0 Å². The number of benzene rings is 6. The lowest BCUT2D eigenvalue weighted by atomic mass is 10.1.